The second-order valence-corrected chi connectivity index (χ2v) is 7.93. The number of anilines is 1. The van der Waals surface area contributed by atoms with Gasteiger partial charge in [-0.3, -0.25) is 9.59 Å². The lowest BCUT2D eigenvalue weighted by molar-refractivity contribution is 0.100. The Labute approximate surface area is 177 Å². The van der Waals surface area contributed by atoms with Crippen molar-refractivity contribution >= 4 is 28.2 Å². The highest BCUT2D eigenvalue weighted by atomic mass is 32.1. The molecule has 7 nitrogen and oxygen atoms in total. The second kappa shape index (κ2) is 8.30. The number of thiophene rings is 1. The van der Waals surface area contributed by atoms with Crippen molar-refractivity contribution in [3.63, 3.8) is 0 Å². The van der Waals surface area contributed by atoms with E-state index in [1.165, 1.54) is 11.3 Å². The van der Waals surface area contributed by atoms with E-state index in [-0.39, 0.29) is 5.69 Å². The Hall–Kier alpha value is -3.78. The Morgan fingerprint density at radius 1 is 1.07 bits per heavy atom. The van der Waals surface area contributed by atoms with Crippen molar-refractivity contribution in [2.45, 2.75) is 13.5 Å². The van der Waals surface area contributed by atoms with Crippen molar-refractivity contribution in [3.8, 4) is 11.1 Å². The molecule has 2 heterocycles. The standard InChI is InChI=1S/C22H19N5O2S/c1-14-18(16-10-6-3-7-11-16)19(20(23)28)22(30-14)24-21(29)17-13-27(26-25-17)12-15-8-4-2-5-9-15/h2-11,13H,12H2,1H3,(H2,23,28)(H,24,29). The molecule has 150 valence electrons. The van der Waals surface area contributed by atoms with Crippen LogP contribution in [0.2, 0.25) is 0 Å². The number of nitrogens with zero attached hydrogens (tertiary/aromatic N) is 3. The normalized spacial score (nSPS) is 10.7. The van der Waals surface area contributed by atoms with Gasteiger partial charge in [0.25, 0.3) is 11.8 Å². The van der Waals surface area contributed by atoms with Gasteiger partial charge in [-0.05, 0) is 18.1 Å². The highest BCUT2D eigenvalue weighted by molar-refractivity contribution is 7.17. The van der Waals surface area contributed by atoms with E-state index in [1.807, 2.05) is 67.6 Å². The van der Waals surface area contributed by atoms with Gasteiger partial charge in [-0.25, -0.2) is 4.68 Å². The van der Waals surface area contributed by atoms with Crippen LogP contribution < -0.4 is 11.1 Å². The van der Waals surface area contributed by atoms with E-state index in [1.54, 1.807) is 10.9 Å². The van der Waals surface area contributed by atoms with Crippen molar-refractivity contribution in [1.29, 1.82) is 0 Å². The maximum Gasteiger partial charge on any atom is 0.278 e. The SMILES string of the molecule is Cc1sc(NC(=O)c2cn(Cc3ccccc3)nn2)c(C(N)=O)c1-c1ccccc1. The lowest BCUT2D eigenvalue weighted by atomic mass is 10.0. The molecule has 8 heteroatoms. The lowest BCUT2D eigenvalue weighted by Crippen LogP contribution is -2.17. The molecule has 0 spiro atoms. The van der Waals surface area contributed by atoms with Crippen LogP contribution in [0.5, 0.6) is 0 Å². The average molecular weight is 417 g/mol. The zero-order valence-electron chi connectivity index (χ0n) is 16.2. The Bertz CT molecular complexity index is 1200. The third-order valence-electron chi connectivity index (χ3n) is 4.58. The summed E-state index contributed by atoms with van der Waals surface area (Å²) in [5.41, 5.74) is 8.77. The smallest absolute Gasteiger partial charge is 0.278 e. The maximum absolute atomic E-state index is 12.7. The number of hydrogen-bond acceptors (Lipinski definition) is 5. The van der Waals surface area contributed by atoms with Gasteiger partial charge in [0.1, 0.15) is 5.00 Å². The molecule has 0 saturated carbocycles. The lowest BCUT2D eigenvalue weighted by Gasteiger charge is -2.06. The van der Waals surface area contributed by atoms with Crippen molar-refractivity contribution < 1.29 is 9.59 Å². The first-order chi connectivity index (χ1) is 14.5. The fraction of sp³-hybridized carbons (Fsp3) is 0.0909. The van der Waals surface area contributed by atoms with E-state index in [2.05, 4.69) is 15.6 Å². The average Bonchev–Trinajstić information content (AvgIpc) is 3.33. The summed E-state index contributed by atoms with van der Waals surface area (Å²) < 4.78 is 1.59. The molecular formula is C22H19N5O2S. The Morgan fingerprint density at radius 2 is 1.73 bits per heavy atom. The number of aromatic nitrogens is 3. The third-order valence-corrected chi connectivity index (χ3v) is 5.60. The maximum atomic E-state index is 12.7. The van der Waals surface area contributed by atoms with Gasteiger partial charge in [-0.2, -0.15) is 0 Å². The fourth-order valence-electron chi connectivity index (χ4n) is 3.24. The molecule has 2 aromatic carbocycles. The van der Waals surface area contributed by atoms with Crippen molar-refractivity contribution in [2.75, 3.05) is 5.32 Å². The van der Waals surface area contributed by atoms with E-state index in [0.29, 0.717) is 17.1 Å². The summed E-state index contributed by atoms with van der Waals surface area (Å²) in [7, 11) is 0. The van der Waals surface area contributed by atoms with E-state index < -0.39 is 11.8 Å². The summed E-state index contributed by atoms with van der Waals surface area (Å²) in [4.78, 5) is 25.8. The molecule has 0 aliphatic carbocycles. The van der Waals surface area contributed by atoms with Gasteiger partial charge in [0, 0.05) is 10.4 Å². The van der Waals surface area contributed by atoms with E-state index >= 15 is 0 Å². The van der Waals surface area contributed by atoms with Gasteiger partial charge >= 0.3 is 0 Å². The summed E-state index contributed by atoms with van der Waals surface area (Å²) in [5.74, 6) is -1.04. The van der Waals surface area contributed by atoms with Gasteiger partial charge in [-0.15, -0.1) is 16.4 Å². The molecule has 4 aromatic rings. The minimum Gasteiger partial charge on any atom is -0.365 e. The number of primary amides is 1. The molecule has 0 saturated heterocycles. The van der Waals surface area contributed by atoms with Gasteiger partial charge in [0.15, 0.2) is 5.69 Å². The predicted octanol–water partition coefficient (Wildman–Crippen LogP) is 3.71. The number of carbonyl (C=O) groups is 2. The first-order valence-corrected chi connectivity index (χ1v) is 10.1. The van der Waals surface area contributed by atoms with Crippen molar-refractivity contribution in [3.05, 3.63) is 88.6 Å². The van der Waals surface area contributed by atoms with Crippen LogP contribution >= 0.6 is 11.3 Å². The summed E-state index contributed by atoms with van der Waals surface area (Å²) in [5, 5.41) is 11.2. The van der Waals surface area contributed by atoms with Crippen LogP contribution in [0.25, 0.3) is 11.1 Å². The van der Waals surface area contributed by atoms with Crippen LogP contribution in [0.3, 0.4) is 0 Å². The van der Waals surface area contributed by atoms with Crippen LogP contribution in [0.15, 0.2) is 66.9 Å². The molecule has 30 heavy (non-hydrogen) atoms. The zero-order valence-corrected chi connectivity index (χ0v) is 17.0. The topological polar surface area (TPSA) is 103 Å². The molecule has 4 rings (SSSR count). The number of nitrogens with two attached hydrogens (primary N) is 1. The summed E-state index contributed by atoms with van der Waals surface area (Å²) in [6, 6.07) is 19.2. The van der Waals surface area contributed by atoms with Gasteiger partial charge < -0.3 is 11.1 Å². The molecular weight excluding hydrogens is 398 g/mol. The first kappa shape index (κ1) is 19.5. The largest absolute Gasteiger partial charge is 0.365 e. The highest BCUT2D eigenvalue weighted by Crippen LogP contribution is 2.39. The number of benzene rings is 2. The monoisotopic (exact) mass is 417 g/mol. The molecule has 0 bridgehead atoms. The highest BCUT2D eigenvalue weighted by Gasteiger charge is 2.23. The molecule has 2 amide bonds. The van der Waals surface area contributed by atoms with Crippen LogP contribution in [-0.4, -0.2) is 26.8 Å². The summed E-state index contributed by atoms with van der Waals surface area (Å²) in [6.07, 6.45) is 1.57. The molecule has 0 unspecified atom stereocenters. The number of aryl methyl sites for hydroxylation is 1. The van der Waals surface area contributed by atoms with Gasteiger partial charge in [0.2, 0.25) is 0 Å². The van der Waals surface area contributed by atoms with Crippen molar-refractivity contribution in [1.82, 2.24) is 15.0 Å². The van der Waals surface area contributed by atoms with Crippen LogP contribution in [0.1, 0.15) is 31.3 Å². The molecule has 0 aliphatic heterocycles. The number of amides is 2. The van der Waals surface area contributed by atoms with Crippen LogP contribution in [-0.2, 0) is 6.54 Å². The Morgan fingerprint density at radius 3 is 2.40 bits per heavy atom. The molecule has 3 N–H and O–H groups in total. The molecule has 0 radical (unpaired) electrons. The molecule has 2 aromatic heterocycles. The van der Waals surface area contributed by atoms with Gasteiger partial charge in [0.05, 0.1) is 18.3 Å². The van der Waals surface area contributed by atoms with E-state index in [9.17, 15) is 9.59 Å². The van der Waals surface area contributed by atoms with Crippen LogP contribution in [0.4, 0.5) is 5.00 Å². The third kappa shape index (κ3) is 3.99. The first-order valence-electron chi connectivity index (χ1n) is 9.27. The fourth-order valence-corrected chi connectivity index (χ4v) is 4.31. The van der Waals surface area contributed by atoms with E-state index in [0.717, 1.165) is 21.6 Å². The number of rotatable bonds is 6. The minimum absolute atomic E-state index is 0.161. The van der Waals surface area contributed by atoms with Crippen LogP contribution in [0, 0.1) is 6.92 Å². The Balaban J connectivity index is 1.59. The Kier molecular flexibility index (Phi) is 5.40. The van der Waals surface area contributed by atoms with E-state index in [4.69, 9.17) is 5.73 Å². The number of nitrogens with one attached hydrogen (secondary N) is 1. The molecule has 0 aliphatic rings. The molecule has 0 fully saturated rings. The van der Waals surface area contributed by atoms with Gasteiger partial charge in [-0.1, -0.05) is 65.9 Å². The predicted molar refractivity (Wildman–Crippen MR) is 117 cm³/mol. The number of hydrogen-bond donors (Lipinski definition) is 2. The van der Waals surface area contributed by atoms with Crippen molar-refractivity contribution in [2.24, 2.45) is 5.73 Å². The summed E-state index contributed by atoms with van der Waals surface area (Å²) >= 11 is 1.31. The molecule has 0 atom stereocenters. The quantitative estimate of drug-likeness (QED) is 0.499. The summed E-state index contributed by atoms with van der Waals surface area (Å²) in [6.45, 7) is 2.40. The second-order valence-electron chi connectivity index (χ2n) is 6.71. The zero-order chi connectivity index (χ0) is 21.1. The number of carbonyl (C=O) groups excluding carboxylic acids is 2. The minimum atomic E-state index is -0.596.